The number of aliphatic carboxylic acids is 1. The molecule has 1 saturated heterocycles. The van der Waals surface area contributed by atoms with Gasteiger partial charge >= 0.3 is 5.97 Å². The highest BCUT2D eigenvalue weighted by atomic mass is 32.2. The van der Waals surface area contributed by atoms with Crippen LogP contribution in [0.2, 0.25) is 0 Å². The van der Waals surface area contributed by atoms with Gasteiger partial charge in [-0.3, -0.25) is 4.79 Å². The Morgan fingerprint density at radius 1 is 1.38 bits per heavy atom. The number of nitrogens with zero attached hydrogens (tertiary/aromatic N) is 1. The molecule has 0 radical (unpaired) electrons. The van der Waals surface area contributed by atoms with Crippen molar-refractivity contribution >= 4 is 16.2 Å². The standard InChI is InChI=1S/C12H24N2O6S/c1-3-19-11(20-4-2)8-13-21(17,18)14-7-5-6-10(9-14)12(15)16/h10-11,13H,3-9H2,1-2H3,(H,15,16). The molecule has 0 saturated carbocycles. The lowest BCUT2D eigenvalue weighted by Crippen LogP contribution is -2.49. The topological polar surface area (TPSA) is 105 Å². The molecule has 8 nitrogen and oxygen atoms in total. The second-order valence-electron chi connectivity index (χ2n) is 4.73. The molecule has 0 bridgehead atoms. The third kappa shape index (κ3) is 5.87. The first-order valence-corrected chi connectivity index (χ1v) is 8.55. The van der Waals surface area contributed by atoms with E-state index in [1.807, 2.05) is 0 Å². The Kier molecular flexibility index (Phi) is 7.53. The molecule has 1 aliphatic rings. The fourth-order valence-corrected chi connectivity index (χ4v) is 3.44. The molecule has 1 heterocycles. The Morgan fingerprint density at radius 2 is 2.00 bits per heavy atom. The quantitative estimate of drug-likeness (QED) is 0.579. The average Bonchev–Trinajstić information content (AvgIpc) is 2.45. The Bertz CT molecular complexity index is 421. The lowest BCUT2D eigenvalue weighted by molar-refractivity contribution is -0.143. The number of piperidine rings is 1. The van der Waals surface area contributed by atoms with Crippen LogP contribution in [0.1, 0.15) is 26.7 Å². The summed E-state index contributed by atoms with van der Waals surface area (Å²) in [6.07, 6.45) is 0.398. The van der Waals surface area contributed by atoms with Crippen molar-refractivity contribution in [3.05, 3.63) is 0 Å². The van der Waals surface area contributed by atoms with Crippen molar-refractivity contribution in [2.75, 3.05) is 32.8 Å². The number of ether oxygens (including phenoxy) is 2. The van der Waals surface area contributed by atoms with Gasteiger partial charge in [0, 0.05) is 26.3 Å². The summed E-state index contributed by atoms with van der Waals surface area (Å²) in [5, 5.41) is 9.00. The van der Waals surface area contributed by atoms with Gasteiger partial charge in [-0.25, -0.2) is 0 Å². The van der Waals surface area contributed by atoms with Gasteiger partial charge in [-0.05, 0) is 26.7 Å². The number of hydrogen-bond acceptors (Lipinski definition) is 5. The Balaban J connectivity index is 2.57. The molecule has 0 aromatic heterocycles. The minimum Gasteiger partial charge on any atom is -0.481 e. The molecule has 9 heteroatoms. The second-order valence-corrected chi connectivity index (χ2v) is 6.48. The zero-order valence-corrected chi connectivity index (χ0v) is 13.3. The predicted octanol–water partition coefficient (Wildman–Crippen LogP) is 0.0165. The van der Waals surface area contributed by atoms with Crippen molar-refractivity contribution in [2.24, 2.45) is 5.92 Å². The Hall–Kier alpha value is -0.740. The summed E-state index contributed by atoms with van der Waals surface area (Å²) in [7, 11) is -3.72. The van der Waals surface area contributed by atoms with Crippen LogP contribution in [0.3, 0.4) is 0 Å². The highest BCUT2D eigenvalue weighted by Gasteiger charge is 2.32. The van der Waals surface area contributed by atoms with Gasteiger partial charge in [-0.2, -0.15) is 17.4 Å². The Labute approximate surface area is 125 Å². The van der Waals surface area contributed by atoms with Crippen LogP contribution in [0.15, 0.2) is 0 Å². The Morgan fingerprint density at radius 3 is 2.52 bits per heavy atom. The van der Waals surface area contributed by atoms with Gasteiger partial charge < -0.3 is 14.6 Å². The molecule has 0 amide bonds. The van der Waals surface area contributed by atoms with E-state index in [1.165, 1.54) is 4.31 Å². The van der Waals surface area contributed by atoms with Crippen LogP contribution in [-0.4, -0.2) is 62.9 Å². The van der Waals surface area contributed by atoms with Crippen molar-refractivity contribution in [1.29, 1.82) is 0 Å². The number of nitrogens with one attached hydrogen (secondary N) is 1. The maximum absolute atomic E-state index is 12.2. The zero-order chi connectivity index (χ0) is 15.9. The highest BCUT2D eigenvalue weighted by molar-refractivity contribution is 7.87. The number of hydrogen-bond donors (Lipinski definition) is 2. The third-order valence-corrected chi connectivity index (χ3v) is 4.75. The van der Waals surface area contributed by atoms with E-state index in [9.17, 15) is 13.2 Å². The molecule has 124 valence electrons. The minimum atomic E-state index is -3.72. The van der Waals surface area contributed by atoms with Crippen LogP contribution >= 0.6 is 0 Å². The number of carboxylic acid groups (broad SMARTS) is 1. The summed E-state index contributed by atoms with van der Waals surface area (Å²) in [4.78, 5) is 11.0. The molecule has 1 fully saturated rings. The van der Waals surface area contributed by atoms with E-state index < -0.39 is 28.4 Å². The average molecular weight is 324 g/mol. The summed E-state index contributed by atoms with van der Waals surface area (Å²) in [6, 6.07) is 0. The molecule has 1 atom stereocenters. The van der Waals surface area contributed by atoms with Crippen LogP contribution in [-0.2, 0) is 24.5 Å². The maximum atomic E-state index is 12.2. The fraction of sp³-hybridized carbons (Fsp3) is 0.917. The third-order valence-electron chi connectivity index (χ3n) is 3.21. The largest absolute Gasteiger partial charge is 0.481 e. The molecule has 0 aromatic rings. The van der Waals surface area contributed by atoms with Crippen LogP contribution in [0.4, 0.5) is 0 Å². The molecule has 1 rings (SSSR count). The van der Waals surface area contributed by atoms with Gasteiger partial charge in [0.15, 0.2) is 6.29 Å². The van der Waals surface area contributed by atoms with Gasteiger partial charge in [-0.15, -0.1) is 0 Å². The number of rotatable bonds is 9. The first-order valence-electron chi connectivity index (χ1n) is 7.11. The second kappa shape index (κ2) is 8.64. The first kappa shape index (κ1) is 18.3. The molecular weight excluding hydrogens is 300 g/mol. The minimum absolute atomic E-state index is 0.00139. The van der Waals surface area contributed by atoms with Gasteiger partial charge in [-0.1, -0.05) is 0 Å². The van der Waals surface area contributed by atoms with E-state index in [0.717, 1.165) is 0 Å². The predicted molar refractivity (Wildman–Crippen MR) is 75.9 cm³/mol. The first-order chi connectivity index (χ1) is 9.90. The molecule has 0 aromatic carbocycles. The van der Waals surface area contributed by atoms with Crippen molar-refractivity contribution in [3.63, 3.8) is 0 Å². The fourth-order valence-electron chi connectivity index (χ4n) is 2.16. The number of carbonyl (C=O) groups is 1. The molecule has 21 heavy (non-hydrogen) atoms. The summed E-state index contributed by atoms with van der Waals surface area (Å²) in [5.74, 6) is -1.61. The normalized spacial score (nSPS) is 20.8. The van der Waals surface area contributed by atoms with Crippen molar-refractivity contribution in [3.8, 4) is 0 Å². The van der Waals surface area contributed by atoms with E-state index in [1.54, 1.807) is 13.8 Å². The smallest absolute Gasteiger partial charge is 0.307 e. The monoisotopic (exact) mass is 324 g/mol. The molecule has 1 unspecified atom stereocenters. The molecule has 0 spiro atoms. The van der Waals surface area contributed by atoms with Gasteiger partial charge in [0.1, 0.15) is 0 Å². The SMILES string of the molecule is CCOC(CNS(=O)(=O)N1CCCC(C(=O)O)C1)OCC. The molecule has 2 N–H and O–H groups in total. The molecular formula is C12H24N2O6S. The van der Waals surface area contributed by atoms with E-state index in [2.05, 4.69) is 4.72 Å². The van der Waals surface area contributed by atoms with E-state index in [-0.39, 0.29) is 13.1 Å². The van der Waals surface area contributed by atoms with Crippen LogP contribution < -0.4 is 4.72 Å². The maximum Gasteiger partial charge on any atom is 0.307 e. The van der Waals surface area contributed by atoms with E-state index >= 15 is 0 Å². The number of carboxylic acids is 1. The van der Waals surface area contributed by atoms with Crippen LogP contribution in [0.5, 0.6) is 0 Å². The summed E-state index contributed by atoms with van der Waals surface area (Å²) in [5.41, 5.74) is 0. The van der Waals surface area contributed by atoms with Crippen molar-refractivity contribution in [2.45, 2.75) is 33.0 Å². The lowest BCUT2D eigenvalue weighted by atomic mass is 10.0. The zero-order valence-electron chi connectivity index (χ0n) is 12.4. The van der Waals surface area contributed by atoms with E-state index in [0.29, 0.717) is 32.6 Å². The van der Waals surface area contributed by atoms with Gasteiger partial charge in [0.2, 0.25) is 0 Å². The van der Waals surface area contributed by atoms with Crippen LogP contribution in [0.25, 0.3) is 0 Å². The molecule has 0 aliphatic carbocycles. The summed E-state index contributed by atoms with van der Waals surface area (Å²) >= 11 is 0. The van der Waals surface area contributed by atoms with Crippen LogP contribution in [0, 0.1) is 5.92 Å². The highest BCUT2D eigenvalue weighted by Crippen LogP contribution is 2.18. The van der Waals surface area contributed by atoms with E-state index in [4.69, 9.17) is 14.6 Å². The lowest BCUT2D eigenvalue weighted by Gasteiger charge is -2.30. The molecule has 1 aliphatic heterocycles. The van der Waals surface area contributed by atoms with Gasteiger partial charge in [0.05, 0.1) is 12.5 Å². The summed E-state index contributed by atoms with van der Waals surface area (Å²) < 4.78 is 38.5. The van der Waals surface area contributed by atoms with Gasteiger partial charge in [0.25, 0.3) is 10.2 Å². The van der Waals surface area contributed by atoms with Crippen molar-refractivity contribution in [1.82, 2.24) is 9.03 Å². The van der Waals surface area contributed by atoms with Crippen molar-refractivity contribution < 1.29 is 27.8 Å². The summed E-state index contributed by atoms with van der Waals surface area (Å²) in [6.45, 7) is 4.74.